The van der Waals surface area contributed by atoms with Crippen LogP contribution in [0.15, 0.2) is 17.3 Å². The zero-order valence-electron chi connectivity index (χ0n) is 7.75. The van der Waals surface area contributed by atoms with E-state index < -0.39 is 0 Å². The maximum atomic E-state index is 4.66. The van der Waals surface area contributed by atoms with E-state index in [-0.39, 0.29) is 0 Å². The van der Waals surface area contributed by atoms with E-state index in [9.17, 15) is 0 Å². The van der Waals surface area contributed by atoms with E-state index in [0.717, 1.165) is 5.92 Å². The zero-order chi connectivity index (χ0) is 8.55. The zero-order valence-corrected chi connectivity index (χ0v) is 7.75. The summed E-state index contributed by atoms with van der Waals surface area (Å²) in [5.74, 6) is 2.59. The van der Waals surface area contributed by atoms with Crippen molar-refractivity contribution in [2.45, 2.75) is 32.7 Å². The Kier molecular flexibility index (Phi) is 1.91. The molecule has 0 radical (unpaired) electrons. The van der Waals surface area contributed by atoms with Gasteiger partial charge in [-0.15, -0.1) is 0 Å². The summed E-state index contributed by atoms with van der Waals surface area (Å²) in [5.41, 5.74) is 0. The fraction of sp³-hybridized carbons (Fsp3) is 0.700. The monoisotopic (exact) mass is 164 g/mol. The van der Waals surface area contributed by atoms with Gasteiger partial charge in [0, 0.05) is 12.1 Å². The molecular weight excluding hydrogens is 148 g/mol. The lowest BCUT2D eigenvalue weighted by Gasteiger charge is -2.19. The van der Waals surface area contributed by atoms with Crippen LogP contribution in [0.3, 0.4) is 0 Å². The predicted octanol–water partition coefficient (Wildman–Crippen LogP) is 1.94. The summed E-state index contributed by atoms with van der Waals surface area (Å²) in [7, 11) is 0. The Labute approximate surface area is 73.8 Å². The van der Waals surface area contributed by atoms with Crippen molar-refractivity contribution in [1.29, 1.82) is 0 Å². The second kappa shape index (κ2) is 2.92. The molecule has 1 N–H and O–H groups in total. The molecule has 0 saturated heterocycles. The number of nitrogens with zero attached hydrogens (tertiary/aromatic N) is 1. The van der Waals surface area contributed by atoms with Crippen molar-refractivity contribution in [2.75, 3.05) is 0 Å². The van der Waals surface area contributed by atoms with Crippen LogP contribution in [0.5, 0.6) is 0 Å². The van der Waals surface area contributed by atoms with Crippen molar-refractivity contribution in [2.24, 2.45) is 16.8 Å². The maximum Gasteiger partial charge on any atom is 0.104 e. The van der Waals surface area contributed by atoms with Gasteiger partial charge in [0.2, 0.25) is 0 Å². The van der Waals surface area contributed by atoms with Gasteiger partial charge < -0.3 is 5.32 Å². The molecule has 1 saturated carbocycles. The van der Waals surface area contributed by atoms with E-state index >= 15 is 0 Å². The molecular formula is C10H16N2. The first-order chi connectivity index (χ1) is 5.77. The van der Waals surface area contributed by atoms with Crippen LogP contribution in [0.1, 0.15) is 26.7 Å². The molecule has 1 atom stereocenters. The summed E-state index contributed by atoms with van der Waals surface area (Å²) < 4.78 is 0. The molecule has 0 amide bonds. The first-order valence-corrected chi connectivity index (χ1v) is 4.78. The number of rotatable bonds is 2. The minimum absolute atomic E-state index is 0.404. The average molecular weight is 164 g/mol. The Morgan fingerprint density at radius 3 is 2.83 bits per heavy atom. The van der Waals surface area contributed by atoms with Crippen molar-refractivity contribution < 1.29 is 0 Å². The highest BCUT2D eigenvalue weighted by atomic mass is 15.0. The Morgan fingerprint density at radius 1 is 1.50 bits per heavy atom. The third-order valence-corrected chi connectivity index (χ3v) is 2.46. The molecule has 1 aliphatic carbocycles. The minimum atomic E-state index is 0.404. The van der Waals surface area contributed by atoms with Gasteiger partial charge >= 0.3 is 0 Å². The van der Waals surface area contributed by atoms with E-state index in [1.54, 1.807) is 0 Å². The standard InChI is InChI=1S/C10H16N2/c1-7(2)9-5-6-11-10(12-9)8-3-4-8/h5-9H,3-4H2,1-2H3,(H,11,12). The van der Waals surface area contributed by atoms with Gasteiger partial charge in [-0.3, -0.25) is 4.99 Å². The molecule has 0 aromatic carbocycles. The Hall–Kier alpha value is -0.790. The second-order valence-corrected chi connectivity index (χ2v) is 4.03. The van der Waals surface area contributed by atoms with Gasteiger partial charge in [0.05, 0.1) is 6.04 Å². The van der Waals surface area contributed by atoms with E-state index in [1.165, 1.54) is 18.7 Å². The normalized spacial score (nSPS) is 28.6. The number of nitrogens with one attached hydrogen (secondary N) is 1. The minimum Gasteiger partial charge on any atom is -0.350 e. The molecule has 1 unspecified atom stereocenters. The Bertz CT molecular complexity index is 224. The molecule has 2 nitrogen and oxygen atoms in total. The number of aliphatic imine (C=N–C) groups is 1. The van der Waals surface area contributed by atoms with Gasteiger partial charge in [0.25, 0.3) is 0 Å². The number of hydrogen-bond acceptors (Lipinski definition) is 2. The van der Waals surface area contributed by atoms with E-state index in [4.69, 9.17) is 0 Å². The van der Waals surface area contributed by atoms with Gasteiger partial charge in [-0.1, -0.05) is 13.8 Å². The highest BCUT2D eigenvalue weighted by molar-refractivity contribution is 5.88. The molecule has 1 fully saturated rings. The van der Waals surface area contributed by atoms with Crippen molar-refractivity contribution in [3.05, 3.63) is 12.3 Å². The molecule has 0 aromatic heterocycles. The lowest BCUT2D eigenvalue weighted by atomic mass is 10.0. The quantitative estimate of drug-likeness (QED) is 0.662. The molecule has 0 bridgehead atoms. The molecule has 1 heterocycles. The third-order valence-electron chi connectivity index (χ3n) is 2.46. The predicted molar refractivity (Wildman–Crippen MR) is 51.1 cm³/mol. The molecule has 2 aliphatic rings. The average Bonchev–Trinajstić information content (AvgIpc) is 2.87. The lowest BCUT2D eigenvalue weighted by molar-refractivity contribution is 0.563. The molecule has 12 heavy (non-hydrogen) atoms. The summed E-state index contributed by atoms with van der Waals surface area (Å²) in [6.07, 6.45) is 6.84. The molecule has 1 aliphatic heterocycles. The highest BCUT2D eigenvalue weighted by Gasteiger charge is 2.29. The summed E-state index contributed by atoms with van der Waals surface area (Å²) in [5, 5.41) is 3.24. The summed E-state index contributed by atoms with van der Waals surface area (Å²) in [6, 6.07) is 0.404. The SMILES string of the molecule is CC(C)C1C=CNC(C2CC2)=N1. The Balaban J connectivity index is 2.05. The molecule has 0 spiro atoms. The lowest BCUT2D eigenvalue weighted by Crippen LogP contribution is -2.28. The van der Waals surface area contributed by atoms with Crippen LogP contribution >= 0.6 is 0 Å². The van der Waals surface area contributed by atoms with Gasteiger partial charge in [-0.25, -0.2) is 0 Å². The number of amidine groups is 1. The fourth-order valence-electron chi connectivity index (χ4n) is 1.42. The molecule has 0 aromatic rings. The molecule has 66 valence electrons. The smallest absolute Gasteiger partial charge is 0.104 e. The van der Waals surface area contributed by atoms with Crippen LogP contribution in [0.2, 0.25) is 0 Å². The number of hydrogen-bond donors (Lipinski definition) is 1. The summed E-state index contributed by atoms with van der Waals surface area (Å²) in [6.45, 7) is 4.43. The topological polar surface area (TPSA) is 24.4 Å². The summed E-state index contributed by atoms with van der Waals surface area (Å²) >= 11 is 0. The van der Waals surface area contributed by atoms with Crippen LogP contribution in [-0.2, 0) is 0 Å². The highest BCUT2D eigenvalue weighted by Crippen LogP contribution is 2.31. The van der Waals surface area contributed by atoms with Crippen molar-refractivity contribution in [1.82, 2.24) is 5.32 Å². The van der Waals surface area contributed by atoms with Crippen molar-refractivity contribution in [3.63, 3.8) is 0 Å². The van der Waals surface area contributed by atoms with Crippen LogP contribution in [-0.4, -0.2) is 11.9 Å². The fourth-order valence-corrected chi connectivity index (χ4v) is 1.42. The van der Waals surface area contributed by atoms with Crippen LogP contribution in [0, 0.1) is 11.8 Å². The van der Waals surface area contributed by atoms with Crippen LogP contribution in [0.4, 0.5) is 0 Å². The van der Waals surface area contributed by atoms with Crippen LogP contribution in [0.25, 0.3) is 0 Å². The van der Waals surface area contributed by atoms with Crippen molar-refractivity contribution >= 4 is 5.84 Å². The first kappa shape index (κ1) is 7.84. The second-order valence-electron chi connectivity index (χ2n) is 4.03. The van der Waals surface area contributed by atoms with Crippen molar-refractivity contribution in [3.8, 4) is 0 Å². The van der Waals surface area contributed by atoms with E-state index in [2.05, 4.69) is 30.2 Å². The van der Waals surface area contributed by atoms with Gasteiger partial charge in [0.1, 0.15) is 5.84 Å². The maximum absolute atomic E-state index is 4.66. The first-order valence-electron chi connectivity index (χ1n) is 4.78. The third kappa shape index (κ3) is 1.52. The van der Waals surface area contributed by atoms with Crippen LogP contribution < -0.4 is 5.32 Å². The van der Waals surface area contributed by atoms with E-state index in [0.29, 0.717) is 12.0 Å². The van der Waals surface area contributed by atoms with Gasteiger partial charge in [-0.05, 0) is 24.8 Å². The largest absolute Gasteiger partial charge is 0.350 e. The molecule has 2 rings (SSSR count). The summed E-state index contributed by atoms with van der Waals surface area (Å²) in [4.78, 5) is 4.66. The molecule has 2 heteroatoms. The van der Waals surface area contributed by atoms with Gasteiger partial charge in [-0.2, -0.15) is 0 Å². The van der Waals surface area contributed by atoms with Gasteiger partial charge in [0.15, 0.2) is 0 Å². The van der Waals surface area contributed by atoms with E-state index in [1.807, 2.05) is 6.20 Å². The Morgan fingerprint density at radius 2 is 2.25 bits per heavy atom.